The van der Waals surface area contributed by atoms with Gasteiger partial charge < -0.3 is 28.4 Å². The monoisotopic (exact) mass is 569 g/mol. The predicted octanol–water partition coefficient (Wildman–Crippen LogP) is 1.15. The quantitative estimate of drug-likeness (QED) is 0.0811. The zero-order valence-corrected chi connectivity index (χ0v) is 21.7. The number of imide groups is 1. The lowest BCUT2D eigenvalue weighted by Gasteiger charge is -2.17. The van der Waals surface area contributed by atoms with Crippen LogP contribution >= 0.6 is 15.9 Å². The van der Waals surface area contributed by atoms with Gasteiger partial charge in [-0.15, -0.1) is 0 Å². The summed E-state index contributed by atoms with van der Waals surface area (Å²) in [4.78, 5) is 62.0. The van der Waals surface area contributed by atoms with Crippen molar-refractivity contribution in [3.05, 3.63) is 0 Å². The molecule has 0 bridgehead atoms. The van der Waals surface area contributed by atoms with Gasteiger partial charge in [-0.2, -0.15) is 0 Å². The van der Waals surface area contributed by atoms with Crippen molar-refractivity contribution in [3.8, 4) is 0 Å². The predicted molar refractivity (Wildman–Crippen MR) is 120 cm³/mol. The first-order valence-corrected chi connectivity index (χ1v) is 11.8. The van der Waals surface area contributed by atoms with Crippen LogP contribution in [-0.4, -0.2) is 98.8 Å². The first-order chi connectivity index (χ1) is 16.5. The van der Waals surface area contributed by atoms with Crippen LogP contribution < -0.4 is 0 Å². The average Bonchev–Trinajstić information content (AvgIpc) is 3.11. The number of halogens is 1. The number of hydrogen-bond donors (Lipinski definition) is 0. The van der Waals surface area contributed by atoms with Crippen molar-refractivity contribution in [3.63, 3.8) is 0 Å². The Hall–Kier alpha value is -2.29. The highest BCUT2D eigenvalue weighted by Gasteiger charge is 2.33. The molecule has 200 valence electrons. The number of carbonyl (C=O) groups is 5. The fourth-order valence-electron chi connectivity index (χ4n) is 2.27. The van der Waals surface area contributed by atoms with Crippen LogP contribution in [0.15, 0.2) is 0 Å². The molecule has 0 aromatic carbocycles. The normalized spacial score (nSPS) is 14.6. The van der Waals surface area contributed by atoms with E-state index in [1.807, 2.05) is 0 Å². The molecule has 14 heteroatoms. The zero-order chi connectivity index (χ0) is 26.3. The van der Waals surface area contributed by atoms with E-state index in [0.29, 0.717) is 11.7 Å². The van der Waals surface area contributed by atoms with E-state index in [1.165, 1.54) is 0 Å². The van der Waals surface area contributed by atoms with Crippen LogP contribution in [0.2, 0.25) is 0 Å². The topological polar surface area (TPSA) is 153 Å². The van der Waals surface area contributed by atoms with Gasteiger partial charge in [0.1, 0.15) is 24.1 Å². The van der Waals surface area contributed by atoms with Gasteiger partial charge in [-0.25, -0.2) is 4.79 Å². The fourth-order valence-corrected chi connectivity index (χ4v) is 2.38. The molecule has 1 aliphatic heterocycles. The summed E-state index contributed by atoms with van der Waals surface area (Å²) in [6.07, 6.45) is -1.15. The van der Waals surface area contributed by atoms with Crippen LogP contribution in [0.1, 0.15) is 33.6 Å². The fraction of sp³-hybridized carbons (Fsp3) is 0.762. The van der Waals surface area contributed by atoms with Crippen LogP contribution in [0.25, 0.3) is 0 Å². The molecule has 2 amide bonds. The Balaban J connectivity index is 1.89. The van der Waals surface area contributed by atoms with Crippen molar-refractivity contribution in [2.75, 3.05) is 59.5 Å². The molecular formula is C21H32BrNO12. The van der Waals surface area contributed by atoms with Crippen molar-refractivity contribution >= 4 is 45.8 Å². The summed E-state index contributed by atoms with van der Waals surface area (Å²) in [7, 11) is 0. The van der Waals surface area contributed by atoms with Crippen molar-refractivity contribution in [1.29, 1.82) is 0 Å². The number of carbonyl (C=O) groups excluding carboxylic acids is 5. The van der Waals surface area contributed by atoms with E-state index >= 15 is 0 Å². The van der Waals surface area contributed by atoms with Gasteiger partial charge in [0.2, 0.25) is 0 Å². The number of ether oxygens (including phenoxy) is 6. The molecule has 0 aromatic rings. The maximum atomic E-state index is 11.8. The third-order valence-corrected chi connectivity index (χ3v) is 4.51. The number of rotatable bonds is 17. The maximum absolute atomic E-state index is 11.8. The van der Waals surface area contributed by atoms with E-state index in [4.69, 9.17) is 28.4 Å². The third-order valence-electron chi connectivity index (χ3n) is 4.19. The molecule has 35 heavy (non-hydrogen) atoms. The summed E-state index contributed by atoms with van der Waals surface area (Å²) in [6, 6.07) is 0. The Kier molecular flexibility index (Phi) is 14.4. The van der Waals surface area contributed by atoms with Gasteiger partial charge >= 0.3 is 18.1 Å². The lowest BCUT2D eigenvalue weighted by atomic mass is 10.2. The van der Waals surface area contributed by atoms with Crippen molar-refractivity contribution in [1.82, 2.24) is 5.06 Å². The summed E-state index contributed by atoms with van der Waals surface area (Å²) in [6.45, 7) is 6.15. The van der Waals surface area contributed by atoms with Crippen LogP contribution in [0.5, 0.6) is 0 Å². The van der Waals surface area contributed by atoms with Gasteiger partial charge in [0.05, 0.1) is 45.6 Å². The number of hydrogen-bond acceptors (Lipinski definition) is 12. The van der Waals surface area contributed by atoms with Gasteiger partial charge in [-0.3, -0.25) is 24.0 Å². The van der Waals surface area contributed by atoms with Gasteiger partial charge in [-0.1, -0.05) is 21.0 Å². The van der Waals surface area contributed by atoms with Crippen LogP contribution in [-0.2, 0) is 52.4 Å². The lowest BCUT2D eigenvalue weighted by molar-refractivity contribution is -0.177. The van der Waals surface area contributed by atoms with E-state index in [-0.39, 0.29) is 65.7 Å². The van der Waals surface area contributed by atoms with Crippen LogP contribution in [0.3, 0.4) is 0 Å². The lowest BCUT2D eigenvalue weighted by Crippen LogP contribution is -2.32. The molecule has 1 unspecified atom stereocenters. The highest BCUT2D eigenvalue weighted by atomic mass is 79.9. The average molecular weight is 570 g/mol. The number of amides is 2. The number of nitrogens with zero attached hydrogens (tertiary/aromatic N) is 1. The Morgan fingerprint density at radius 1 is 0.829 bits per heavy atom. The minimum atomic E-state index is -1.16. The molecule has 0 saturated carbocycles. The highest BCUT2D eigenvalue weighted by Crippen LogP contribution is 2.18. The molecule has 0 aliphatic carbocycles. The maximum Gasteiger partial charge on any atom is 0.534 e. The van der Waals surface area contributed by atoms with E-state index in [9.17, 15) is 24.0 Å². The second-order valence-electron chi connectivity index (χ2n) is 7.75. The zero-order valence-electron chi connectivity index (χ0n) is 20.1. The van der Waals surface area contributed by atoms with Crippen molar-refractivity contribution < 1.29 is 57.2 Å². The van der Waals surface area contributed by atoms with E-state index < -0.39 is 40.2 Å². The summed E-state index contributed by atoms with van der Waals surface area (Å²) >= 11 is 3.18. The Bertz CT molecular complexity index is 708. The molecule has 1 saturated heterocycles. The first-order valence-electron chi connectivity index (χ1n) is 11.0. The number of esters is 2. The second kappa shape index (κ2) is 16.4. The van der Waals surface area contributed by atoms with E-state index in [1.54, 1.807) is 20.8 Å². The van der Waals surface area contributed by atoms with Crippen molar-refractivity contribution in [2.24, 2.45) is 5.92 Å². The Labute approximate surface area is 211 Å². The number of hydroxylamine groups is 2. The molecule has 1 aliphatic rings. The summed E-state index contributed by atoms with van der Waals surface area (Å²) in [5.41, 5.74) is 0. The molecule has 1 rings (SSSR count). The molecule has 13 nitrogen and oxygen atoms in total. The number of alkyl halides is 1. The minimum absolute atomic E-state index is 0.00367. The van der Waals surface area contributed by atoms with Gasteiger partial charge in [0.15, 0.2) is 0 Å². The molecular weight excluding hydrogens is 538 g/mol. The largest absolute Gasteiger partial charge is 0.534 e. The third kappa shape index (κ3) is 13.4. The van der Waals surface area contributed by atoms with Crippen LogP contribution in [0.4, 0.5) is 4.79 Å². The van der Waals surface area contributed by atoms with Gasteiger partial charge in [-0.05, 0) is 20.8 Å². The van der Waals surface area contributed by atoms with E-state index in [2.05, 4.69) is 20.8 Å². The van der Waals surface area contributed by atoms with Gasteiger partial charge in [0.25, 0.3) is 11.8 Å². The molecule has 0 spiro atoms. The second-order valence-corrected chi connectivity index (χ2v) is 9.73. The molecule has 1 fully saturated rings. The summed E-state index contributed by atoms with van der Waals surface area (Å²) in [5, 5.41) is 0.398. The van der Waals surface area contributed by atoms with E-state index in [0.717, 1.165) is 0 Å². The van der Waals surface area contributed by atoms with Crippen LogP contribution in [0, 0.1) is 5.92 Å². The van der Waals surface area contributed by atoms with Crippen molar-refractivity contribution in [2.45, 2.75) is 37.9 Å². The Morgan fingerprint density at radius 3 is 1.77 bits per heavy atom. The minimum Gasteiger partial charge on any atom is -0.464 e. The molecule has 0 aromatic heterocycles. The summed E-state index contributed by atoms with van der Waals surface area (Å²) < 4.78 is 29.8. The first kappa shape index (κ1) is 30.7. The molecule has 0 radical (unpaired) electrons. The molecule has 1 heterocycles. The van der Waals surface area contributed by atoms with Gasteiger partial charge in [0, 0.05) is 12.8 Å². The Morgan fingerprint density at radius 2 is 1.29 bits per heavy atom. The summed E-state index contributed by atoms with van der Waals surface area (Å²) in [5.74, 6) is -2.72. The molecule has 0 N–H and O–H groups in total. The standard InChI is InChI=1S/C21H32BrNO12/c1-15(14-34-19(27)21(2,3)22)18(26)32-12-10-30-8-6-29-7-9-31-11-13-33-20(28)35-23-16(24)4-5-17(23)25/h15H,4-14H2,1-3H3. The smallest absolute Gasteiger partial charge is 0.464 e. The highest BCUT2D eigenvalue weighted by molar-refractivity contribution is 9.10. The SMILES string of the molecule is CC(COC(=O)C(C)(C)Br)C(=O)OCCOCCOCCOCCOC(=O)ON1C(=O)CCC1=O. The molecule has 1 atom stereocenters.